The lowest BCUT2D eigenvalue weighted by atomic mass is 10.2. The van der Waals surface area contributed by atoms with Crippen LogP contribution in [0, 0.1) is 0 Å². The zero-order valence-electron chi connectivity index (χ0n) is 8.73. The van der Waals surface area contributed by atoms with Gasteiger partial charge in [-0.25, -0.2) is 4.98 Å². The van der Waals surface area contributed by atoms with E-state index in [0.717, 1.165) is 12.3 Å². The minimum atomic E-state index is -9.69. The lowest BCUT2D eigenvalue weighted by molar-refractivity contribution is 0.358. The third-order valence-corrected chi connectivity index (χ3v) is 3.12. The first-order valence-corrected chi connectivity index (χ1v) is 6.63. The van der Waals surface area contributed by atoms with Gasteiger partial charge < -0.3 is 0 Å². The molecule has 0 bridgehead atoms. The zero-order chi connectivity index (χ0) is 13.5. The summed E-state index contributed by atoms with van der Waals surface area (Å²) in [6.45, 7) is 0. The molecule has 2 aromatic rings. The quantitative estimate of drug-likeness (QED) is 0.739. The predicted molar refractivity (Wildman–Crippen MR) is 58.9 cm³/mol. The highest BCUT2D eigenvalue weighted by molar-refractivity contribution is 8.45. The molecule has 2 heterocycles. The Morgan fingerprint density at radius 2 is 1.56 bits per heavy atom. The van der Waals surface area contributed by atoms with Crippen molar-refractivity contribution in [1.29, 1.82) is 0 Å². The maximum Gasteiger partial charge on any atom is 0.325 e. The molecule has 0 atom stereocenters. The summed E-state index contributed by atoms with van der Waals surface area (Å²) in [6, 6.07) is 5.98. The summed E-state index contributed by atoms with van der Waals surface area (Å²) in [6.07, 6.45) is 2.17. The van der Waals surface area contributed by atoms with Crippen molar-refractivity contribution in [3.8, 4) is 11.3 Å². The lowest BCUT2D eigenvalue weighted by Crippen LogP contribution is -2.08. The molecule has 0 N–H and O–H groups in total. The number of rotatable bonds is 2. The molecule has 0 amide bonds. The Kier molecular flexibility index (Phi) is 2.26. The summed E-state index contributed by atoms with van der Waals surface area (Å²) in [7, 11) is -9.69. The summed E-state index contributed by atoms with van der Waals surface area (Å²) in [5.74, 6) is 0. The predicted octanol–water partition coefficient (Wildman–Crippen LogP) is 4.80. The molecule has 0 radical (unpaired) electrons. The molecule has 0 aliphatic carbocycles. The smallest absolute Gasteiger partial charge is 0.256 e. The highest BCUT2D eigenvalue weighted by Gasteiger charge is 2.67. The Bertz CT molecular complexity index is 565. The number of nitrogens with zero attached hydrogens (tertiary/aromatic N) is 2. The lowest BCUT2D eigenvalue weighted by Gasteiger charge is -2.39. The molecule has 0 saturated heterocycles. The van der Waals surface area contributed by atoms with Crippen molar-refractivity contribution in [1.82, 2.24) is 9.97 Å². The summed E-state index contributed by atoms with van der Waals surface area (Å²) in [5.41, 5.74) is 0.597. The highest BCUT2D eigenvalue weighted by atomic mass is 32.5. The van der Waals surface area contributed by atoms with Crippen molar-refractivity contribution in [3.05, 3.63) is 42.7 Å². The molecule has 8 heteroatoms. The van der Waals surface area contributed by atoms with Gasteiger partial charge in [-0.3, -0.25) is 4.98 Å². The minimum absolute atomic E-state index is 0.237. The van der Waals surface area contributed by atoms with Gasteiger partial charge in [-0.1, -0.05) is 25.5 Å². The van der Waals surface area contributed by atoms with Crippen molar-refractivity contribution in [2.45, 2.75) is 5.03 Å². The molecule has 0 aliphatic heterocycles. The van der Waals surface area contributed by atoms with Gasteiger partial charge in [0, 0.05) is 18.0 Å². The molecular formula is C10H7F5N2S. The van der Waals surface area contributed by atoms with Gasteiger partial charge >= 0.3 is 10.2 Å². The Balaban J connectivity index is 2.45. The molecule has 0 aliphatic rings. The van der Waals surface area contributed by atoms with E-state index in [2.05, 4.69) is 9.97 Å². The average Bonchev–Trinajstić information content (AvgIpc) is 2.28. The molecule has 18 heavy (non-hydrogen) atoms. The standard InChI is InChI=1S/C10H7F5N2S/c11-18(12,13,14,15)10-5-4-8(7-17-10)9-3-1-2-6-16-9/h1-7H. The number of hydrogen-bond acceptors (Lipinski definition) is 2. The second-order valence-corrected chi connectivity index (χ2v) is 5.93. The Morgan fingerprint density at radius 1 is 0.833 bits per heavy atom. The first-order valence-electron chi connectivity index (χ1n) is 4.68. The van der Waals surface area contributed by atoms with Gasteiger partial charge in [-0.15, -0.1) is 0 Å². The molecule has 2 aromatic heterocycles. The molecule has 0 aromatic carbocycles. The summed E-state index contributed by atoms with van der Waals surface area (Å²) in [5, 5.41) is -2.14. The van der Waals surface area contributed by atoms with Crippen LogP contribution in [0.1, 0.15) is 0 Å². The molecule has 2 rings (SSSR count). The largest absolute Gasteiger partial charge is 0.325 e. The van der Waals surface area contributed by atoms with E-state index in [1.165, 1.54) is 12.3 Å². The van der Waals surface area contributed by atoms with E-state index in [1.54, 1.807) is 12.1 Å². The van der Waals surface area contributed by atoms with Crippen LogP contribution in [0.2, 0.25) is 0 Å². The van der Waals surface area contributed by atoms with E-state index >= 15 is 0 Å². The Morgan fingerprint density at radius 3 is 2.00 bits per heavy atom. The van der Waals surface area contributed by atoms with Crippen LogP contribution in [-0.4, -0.2) is 9.97 Å². The van der Waals surface area contributed by atoms with Gasteiger partial charge in [0.1, 0.15) is 0 Å². The van der Waals surface area contributed by atoms with Gasteiger partial charge in [0.05, 0.1) is 5.69 Å². The van der Waals surface area contributed by atoms with Gasteiger partial charge in [0.2, 0.25) is 0 Å². The maximum atomic E-state index is 12.4. The van der Waals surface area contributed by atoms with Gasteiger partial charge in [0.15, 0.2) is 5.03 Å². The highest BCUT2D eigenvalue weighted by Crippen LogP contribution is 3.01. The van der Waals surface area contributed by atoms with E-state index in [0.29, 0.717) is 5.69 Å². The Hall–Kier alpha value is -1.70. The molecule has 0 fully saturated rings. The van der Waals surface area contributed by atoms with Crippen LogP contribution in [-0.2, 0) is 0 Å². The fourth-order valence-electron chi connectivity index (χ4n) is 1.29. The third kappa shape index (κ3) is 2.76. The van der Waals surface area contributed by atoms with Crippen LogP contribution in [0.5, 0.6) is 0 Å². The monoisotopic (exact) mass is 282 g/mol. The van der Waals surface area contributed by atoms with Crippen molar-refractivity contribution < 1.29 is 19.4 Å². The normalized spacial score (nSPS) is 15.8. The second kappa shape index (κ2) is 3.19. The summed E-state index contributed by atoms with van der Waals surface area (Å²) < 4.78 is 62.0. The van der Waals surface area contributed by atoms with E-state index < -0.39 is 15.3 Å². The van der Waals surface area contributed by atoms with Crippen LogP contribution in [0.15, 0.2) is 47.8 Å². The van der Waals surface area contributed by atoms with E-state index in [1.807, 2.05) is 0 Å². The number of hydrogen-bond donors (Lipinski definition) is 0. The van der Waals surface area contributed by atoms with Crippen LogP contribution >= 0.6 is 10.2 Å². The maximum absolute atomic E-state index is 12.4. The summed E-state index contributed by atoms with van der Waals surface area (Å²) in [4.78, 5) is 6.68. The fourth-order valence-corrected chi connectivity index (χ4v) is 1.87. The van der Waals surface area contributed by atoms with Gasteiger partial charge in [-0.05, 0) is 24.3 Å². The van der Waals surface area contributed by atoms with Crippen molar-refractivity contribution in [2.24, 2.45) is 0 Å². The van der Waals surface area contributed by atoms with Crippen LogP contribution in [0.4, 0.5) is 19.4 Å². The molecular weight excluding hydrogens is 275 g/mol. The zero-order valence-corrected chi connectivity index (χ0v) is 9.55. The molecule has 0 saturated carbocycles. The minimum Gasteiger partial charge on any atom is -0.256 e. The third-order valence-electron chi connectivity index (χ3n) is 2.09. The van der Waals surface area contributed by atoms with Crippen molar-refractivity contribution in [2.75, 3.05) is 0 Å². The van der Waals surface area contributed by atoms with Crippen LogP contribution in [0.25, 0.3) is 11.3 Å². The number of halogens is 5. The molecule has 0 unspecified atom stereocenters. The molecule has 98 valence electrons. The second-order valence-electron chi connectivity index (χ2n) is 3.57. The van der Waals surface area contributed by atoms with Gasteiger partial charge in [0.25, 0.3) is 0 Å². The van der Waals surface area contributed by atoms with E-state index in [4.69, 9.17) is 0 Å². The first kappa shape index (κ1) is 12.7. The van der Waals surface area contributed by atoms with Gasteiger partial charge in [-0.2, -0.15) is 0 Å². The van der Waals surface area contributed by atoms with Crippen molar-refractivity contribution >= 4 is 10.2 Å². The van der Waals surface area contributed by atoms with Crippen LogP contribution < -0.4 is 0 Å². The fraction of sp³-hybridized carbons (Fsp3) is 0. The number of pyridine rings is 2. The topological polar surface area (TPSA) is 25.8 Å². The summed E-state index contributed by atoms with van der Waals surface area (Å²) >= 11 is 0. The first-order chi connectivity index (χ1) is 8.06. The SMILES string of the molecule is FS(F)(F)(F)(F)c1ccc(-c2ccccn2)cn1. The molecule has 2 nitrogen and oxygen atoms in total. The molecule has 0 spiro atoms. The average molecular weight is 282 g/mol. The van der Waals surface area contributed by atoms with E-state index in [-0.39, 0.29) is 11.6 Å². The number of aromatic nitrogens is 2. The van der Waals surface area contributed by atoms with Crippen LogP contribution in [0.3, 0.4) is 0 Å². The van der Waals surface area contributed by atoms with E-state index in [9.17, 15) is 19.4 Å². The van der Waals surface area contributed by atoms with Crippen molar-refractivity contribution in [3.63, 3.8) is 0 Å². The Labute approximate surface area is 99.2 Å².